The van der Waals surface area contributed by atoms with Gasteiger partial charge in [0.25, 0.3) is 0 Å². The van der Waals surface area contributed by atoms with Crippen molar-refractivity contribution in [2.75, 3.05) is 6.61 Å². The molecule has 144 valence electrons. The molecule has 2 nitrogen and oxygen atoms in total. The summed E-state index contributed by atoms with van der Waals surface area (Å²) in [5.41, 5.74) is 3.99. The highest BCUT2D eigenvalue weighted by atomic mass is 16.5. The van der Waals surface area contributed by atoms with Crippen molar-refractivity contribution in [1.82, 2.24) is 4.98 Å². The fraction of sp³-hybridized carbons (Fsp3) is 0.269. The van der Waals surface area contributed by atoms with Crippen molar-refractivity contribution in [1.29, 1.82) is 0 Å². The third kappa shape index (κ3) is 5.32. The first-order valence-corrected chi connectivity index (χ1v) is 10.1. The first-order chi connectivity index (χ1) is 13.8. The fourth-order valence-electron chi connectivity index (χ4n) is 3.78. The SMILES string of the molecule is C=CCOc1cccc(C(CC)CCC(c2ccccc2)c2cccnc2)c1. The Morgan fingerprint density at radius 2 is 1.71 bits per heavy atom. The van der Waals surface area contributed by atoms with Gasteiger partial charge in [-0.1, -0.05) is 68.1 Å². The largest absolute Gasteiger partial charge is 0.490 e. The van der Waals surface area contributed by atoms with Gasteiger partial charge in [0.05, 0.1) is 0 Å². The molecule has 0 aliphatic carbocycles. The zero-order valence-corrected chi connectivity index (χ0v) is 16.6. The Hall–Kier alpha value is -2.87. The van der Waals surface area contributed by atoms with Crippen LogP contribution in [0.15, 0.2) is 91.8 Å². The molecule has 2 atom stereocenters. The topological polar surface area (TPSA) is 22.1 Å². The van der Waals surface area contributed by atoms with Gasteiger partial charge in [0.15, 0.2) is 0 Å². The molecule has 0 aliphatic rings. The molecule has 28 heavy (non-hydrogen) atoms. The van der Waals surface area contributed by atoms with Crippen molar-refractivity contribution in [3.63, 3.8) is 0 Å². The van der Waals surface area contributed by atoms with E-state index in [1.54, 1.807) is 6.08 Å². The highest BCUT2D eigenvalue weighted by molar-refractivity contribution is 5.33. The van der Waals surface area contributed by atoms with E-state index in [4.69, 9.17) is 4.74 Å². The first-order valence-electron chi connectivity index (χ1n) is 10.1. The number of nitrogens with zero attached hydrogens (tertiary/aromatic N) is 1. The van der Waals surface area contributed by atoms with Crippen LogP contribution in [0.25, 0.3) is 0 Å². The Balaban J connectivity index is 1.77. The molecule has 0 N–H and O–H groups in total. The smallest absolute Gasteiger partial charge is 0.120 e. The van der Waals surface area contributed by atoms with E-state index in [0.29, 0.717) is 18.4 Å². The Labute approximate surface area is 168 Å². The average Bonchev–Trinajstić information content (AvgIpc) is 2.77. The van der Waals surface area contributed by atoms with E-state index < -0.39 is 0 Å². The second-order valence-corrected chi connectivity index (χ2v) is 7.10. The van der Waals surface area contributed by atoms with E-state index in [-0.39, 0.29) is 0 Å². The lowest BCUT2D eigenvalue weighted by Crippen LogP contribution is -2.06. The lowest BCUT2D eigenvalue weighted by molar-refractivity contribution is 0.362. The summed E-state index contributed by atoms with van der Waals surface area (Å²) in [6, 6.07) is 23.5. The minimum absolute atomic E-state index is 0.365. The molecule has 0 radical (unpaired) electrons. The molecule has 0 saturated heterocycles. The number of pyridine rings is 1. The standard InChI is InChI=1S/C26H29NO/c1-3-18-28-25-14-8-12-23(19-25)21(4-2)15-16-26(22-10-6-5-7-11-22)24-13-9-17-27-20-24/h3,5-14,17,19-21,26H,1,4,15-16,18H2,2H3. The quantitative estimate of drug-likeness (QED) is 0.368. The summed E-state index contributed by atoms with van der Waals surface area (Å²) in [5, 5.41) is 0. The van der Waals surface area contributed by atoms with Crippen molar-refractivity contribution in [2.24, 2.45) is 0 Å². The maximum absolute atomic E-state index is 5.73. The molecule has 0 spiro atoms. The second kappa shape index (κ2) is 10.5. The molecular weight excluding hydrogens is 342 g/mol. The predicted octanol–water partition coefficient (Wildman–Crippen LogP) is 6.75. The molecule has 2 unspecified atom stereocenters. The van der Waals surface area contributed by atoms with Crippen molar-refractivity contribution in [3.05, 3.63) is 108 Å². The third-order valence-corrected chi connectivity index (χ3v) is 5.28. The van der Waals surface area contributed by atoms with Gasteiger partial charge in [-0.2, -0.15) is 0 Å². The maximum atomic E-state index is 5.73. The number of ether oxygens (including phenoxy) is 1. The monoisotopic (exact) mass is 371 g/mol. The predicted molar refractivity (Wildman–Crippen MR) is 117 cm³/mol. The van der Waals surface area contributed by atoms with Crippen molar-refractivity contribution < 1.29 is 4.74 Å². The van der Waals surface area contributed by atoms with Gasteiger partial charge in [-0.3, -0.25) is 4.98 Å². The summed E-state index contributed by atoms with van der Waals surface area (Å²) in [6.45, 7) is 6.53. The van der Waals surface area contributed by atoms with Gasteiger partial charge in [0.2, 0.25) is 0 Å². The van der Waals surface area contributed by atoms with E-state index in [2.05, 4.69) is 73.1 Å². The zero-order chi connectivity index (χ0) is 19.6. The lowest BCUT2D eigenvalue weighted by atomic mass is 9.83. The molecule has 3 aromatic rings. The molecule has 0 saturated carbocycles. The van der Waals surface area contributed by atoms with Crippen LogP contribution in [0.2, 0.25) is 0 Å². The van der Waals surface area contributed by atoms with Crippen LogP contribution in [0, 0.1) is 0 Å². The maximum Gasteiger partial charge on any atom is 0.120 e. The summed E-state index contributed by atoms with van der Waals surface area (Å²) in [4.78, 5) is 4.35. The summed E-state index contributed by atoms with van der Waals surface area (Å²) in [7, 11) is 0. The van der Waals surface area contributed by atoms with Crippen molar-refractivity contribution in [3.8, 4) is 5.75 Å². The molecular formula is C26H29NO. The van der Waals surface area contributed by atoms with Crippen LogP contribution in [-0.4, -0.2) is 11.6 Å². The fourth-order valence-corrected chi connectivity index (χ4v) is 3.78. The first kappa shape index (κ1) is 19.9. The van der Waals surface area contributed by atoms with Crippen LogP contribution < -0.4 is 4.74 Å². The number of benzene rings is 2. The normalized spacial score (nSPS) is 12.9. The molecule has 0 bridgehead atoms. The van der Waals surface area contributed by atoms with Gasteiger partial charge >= 0.3 is 0 Å². The van der Waals surface area contributed by atoms with Gasteiger partial charge in [-0.05, 0) is 60.1 Å². The van der Waals surface area contributed by atoms with Crippen molar-refractivity contribution >= 4 is 0 Å². The molecule has 1 heterocycles. The summed E-state index contributed by atoms with van der Waals surface area (Å²) >= 11 is 0. The molecule has 3 rings (SSSR count). The Bertz CT molecular complexity index is 805. The lowest BCUT2D eigenvalue weighted by Gasteiger charge is -2.22. The summed E-state index contributed by atoms with van der Waals surface area (Å²) < 4.78 is 5.73. The molecule has 2 heteroatoms. The Morgan fingerprint density at radius 1 is 0.929 bits per heavy atom. The van der Waals surface area contributed by atoms with E-state index in [0.717, 1.165) is 25.0 Å². The van der Waals surface area contributed by atoms with E-state index >= 15 is 0 Å². The summed E-state index contributed by atoms with van der Waals surface area (Å²) in [6.07, 6.45) is 8.95. The van der Waals surface area contributed by atoms with E-state index in [9.17, 15) is 0 Å². The van der Waals surface area contributed by atoms with Crippen LogP contribution >= 0.6 is 0 Å². The van der Waals surface area contributed by atoms with Crippen LogP contribution in [0.3, 0.4) is 0 Å². The van der Waals surface area contributed by atoms with Gasteiger partial charge < -0.3 is 4.74 Å². The van der Waals surface area contributed by atoms with Gasteiger partial charge in [-0.25, -0.2) is 0 Å². The number of rotatable bonds is 10. The van der Waals surface area contributed by atoms with E-state index in [1.807, 2.05) is 24.5 Å². The molecule has 0 fully saturated rings. The molecule has 0 aliphatic heterocycles. The molecule has 2 aromatic carbocycles. The zero-order valence-electron chi connectivity index (χ0n) is 16.6. The van der Waals surface area contributed by atoms with Gasteiger partial charge in [0.1, 0.15) is 12.4 Å². The third-order valence-electron chi connectivity index (χ3n) is 5.28. The number of hydrogen-bond donors (Lipinski definition) is 0. The summed E-state index contributed by atoms with van der Waals surface area (Å²) in [5.74, 6) is 1.79. The number of aromatic nitrogens is 1. The minimum atomic E-state index is 0.365. The highest BCUT2D eigenvalue weighted by Crippen LogP contribution is 2.34. The van der Waals surface area contributed by atoms with Gasteiger partial charge in [-0.15, -0.1) is 0 Å². The number of hydrogen-bond acceptors (Lipinski definition) is 2. The van der Waals surface area contributed by atoms with Gasteiger partial charge in [0, 0.05) is 18.3 Å². The molecule has 0 amide bonds. The Morgan fingerprint density at radius 3 is 2.43 bits per heavy atom. The average molecular weight is 372 g/mol. The minimum Gasteiger partial charge on any atom is -0.490 e. The van der Waals surface area contributed by atoms with Crippen LogP contribution in [0.5, 0.6) is 5.75 Å². The highest BCUT2D eigenvalue weighted by Gasteiger charge is 2.18. The van der Waals surface area contributed by atoms with E-state index in [1.165, 1.54) is 16.7 Å². The Kier molecular flexibility index (Phi) is 7.43. The van der Waals surface area contributed by atoms with Crippen molar-refractivity contribution in [2.45, 2.75) is 38.0 Å². The van der Waals surface area contributed by atoms with Crippen LogP contribution in [0.4, 0.5) is 0 Å². The van der Waals surface area contributed by atoms with Crippen LogP contribution in [0.1, 0.15) is 54.7 Å². The van der Waals surface area contributed by atoms with Crippen LogP contribution in [-0.2, 0) is 0 Å². The molecule has 1 aromatic heterocycles. The second-order valence-electron chi connectivity index (χ2n) is 7.10.